The Morgan fingerprint density at radius 2 is 1.71 bits per heavy atom. The Morgan fingerprint density at radius 3 is 2.44 bits per heavy atom. The number of aliphatic hydroxyl groups excluding tert-OH is 1. The van der Waals surface area contributed by atoms with Crippen molar-refractivity contribution in [3.63, 3.8) is 0 Å². The highest BCUT2D eigenvalue weighted by Gasteiger charge is 2.38. The van der Waals surface area contributed by atoms with E-state index in [9.17, 15) is 19.8 Å². The highest BCUT2D eigenvalue weighted by molar-refractivity contribution is 7.99. The number of benzene rings is 3. The lowest BCUT2D eigenvalue weighted by Crippen LogP contribution is -2.38. The number of rotatable bonds is 9. The lowest BCUT2D eigenvalue weighted by atomic mass is 9.91. The average Bonchev–Trinajstić information content (AvgIpc) is 3.01. The van der Waals surface area contributed by atoms with Crippen molar-refractivity contribution in [1.82, 2.24) is 4.98 Å². The van der Waals surface area contributed by atoms with Crippen molar-refractivity contribution >= 4 is 29.3 Å². The average molecular weight is 571 g/mol. The summed E-state index contributed by atoms with van der Waals surface area (Å²) in [7, 11) is 0. The number of carboxylic acid groups (broad SMARTS) is 1. The second kappa shape index (κ2) is 13.1. The number of carbonyl (C=O) groups is 2. The number of aliphatic hydroxyl groups is 1. The quantitative estimate of drug-likeness (QED) is 0.206. The third-order valence-corrected chi connectivity index (χ3v) is 8.06. The third kappa shape index (κ3) is 6.83. The third-order valence-electron chi connectivity index (χ3n) is 6.96. The topological polar surface area (TPSA) is 118 Å². The van der Waals surface area contributed by atoms with E-state index < -0.39 is 12.3 Å². The molecule has 9 heteroatoms. The van der Waals surface area contributed by atoms with Gasteiger partial charge in [-0.25, -0.2) is 9.78 Å². The van der Waals surface area contributed by atoms with Gasteiger partial charge in [0.1, 0.15) is 5.03 Å². The molecule has 0 radical (unpaired) electrons. The fraction of sp³-hybridized carbons (Fsp3) is 0.219. The number of carboxylic acids is 1. The fourth-order valence-corrected chi connectivity index (χ4v) is 5.85. The number of hydrogen-bond acceptors (Lipinski definition) is 7. The zero-order valence-electron chi connectivity index (χ0n) is 22.3. The van der Waals surface area contributed by atoms with Crippen LogP contribution in [0.3, 0.4) is 0 Å². The van der Waals surface area contributed by atoms with Crippen molar-refractivity contribution in [3.05, 3.63) is 125 Å². The predicted octanol–water partition coefficient (Wildman–Crippen LogP) is 6.11. The van der Waals surface area contributed by atoms with E-state index in [2.05, 4.69) is 10.3 Å². The number of pyridine rings is 1. The van der Waals surface area contributed by atoms with Crippen molar-refractivity contribution in [2.24, 2.45) is 5.92 Å². The van der Waals surface area contributed by atoms with E-state index in [0.29, 0.717) is 22.0 Å². The van der Waals surface area contributed by atoms with Crippen molar-refractivity contribution in [1.29, 1.82) is 0 Å². The van der Waals surface area contributed by atoms with Gasteiger partial charge in [0, 0.05) is 34.7 Å². The second-order valence-electron chi connectivity index (χ2n) is 9.74. The van der Waals surface area contributed by atoms with Gasteiger partial charge in [-0.1, -0.05) is 61.5 Å². The molecule has 1 aromatic heterocycles. The second-order valence-corrected chi connectivity index (χ2v) is 10.7. The van der Waals surface area contributed by atoms with Gasteiger partial charge < -0.3 is 25.0 Å². The SMILES string of the molecule is C[C@H]1[C@@H](CSc2ncccc2C(=O)O)O[C@@H](c2cccc(NC(=O)c3ccccc3)c2)O[C@H]1c1ccc(CO)cc1. The van der Waals surface area contributed by atoms with Crippen LogP contribution < -0.4 is 5.32 Å². The Bertz CT molecular complexity index is 1500. The molecule has 5 rings (SSSR count). The van der Waals surface area contributed by atoms with Crippen molar-refractivity contribution in [2.75, 3.05) is 11.1 Å². The summed E-state index contributed by atoms with van der Waals surface area (Å²) in [6, 6.07) is 27.1. The predicted molar refractivity (Wildman–Crippen MR) is 156 cm³/mol. The number of carbonyl (C=O) groups excluding carboxylic acids is 1. The Balaban J connectivity index is 1.40. The van der Waals surface area contributed by atoms with Gasteiger partial charge in [0.15, 0.2) is 6.29 Å². The summed E-state index contributed by atoms with van der Waals surface area (Å²) in [6.45, 7) is 1.99. The molecule has 4 aromatic rings. The smallest absolute Gasteiger partial charge is 0.338 e. The summed E-state index contributed by atoms with van der Waals surface area (Å²) in [5.41, 5.74) is 3.78. The molecule has 1 amide bonds. The number of nitrogens with one attached hydrogen (secondary N) is 1. The van der Waals surface area contributed by atoms with Gasteiger partial charge in [-0.3, -0.25) is 4.79 Å². The number of aromatic nitrogens is 1. The molecule has 41 heavy (non-hydrogen) atoms. The summed E-state index contributed by atoms with van der Waals surface area (Å²) in [5.74, 6) is -0.886. The summed E-state index contributed by atoms with van der Waals surface area (Å²) >= 11 is 1.33. The molecule has 0 aliphatic carbocycles. The summed E-state index contributed by atoms with van der Waals surface area (Å²) < 4.78 is 13.0. The normalized spacial score (nSPS) is 20.3. The zero-order chi connectivity index (χ0) is 28.8. The molecule has 1 fully saturated rings. The Labute approximate surface area is 242 Å². The number of thioether (sulfide) groups is 1. The van der Waals surface area contributed by atoms with Crippen LogP contribution in [0.5, 0.6) is 0 Å². The lowest BCUT2D eigenvalue weighted by molar-refractivity contribution is -0.268. The first-order chi connectivity index (χ1) is 19.9. The van der Waals surface area contributed by atoms with Gasteiger partial charge in [-0.05, 0) is 47.5 Å². The summed E-state index contributed by atoms with van der Waals surface area (Å²) in [4.78, 5) is 28.7. The standard InChI is InChI=1S/C32H30N2O6S/c1-20-27(19-41-30-26(31(37)38)11-6-16-33-30)39-32(40-28(20)22-14-12-21(18-35)13-15-22)24-9-5-10-25(17-24)34-29(36)23-7-3-2-4-8-23/h2-17,20,27-28,32,35H,18-19H2,1H3,(H,34,36)(H,37,38)/t20-,27+,28+,32+/m0/s1. The molecule has 2 heterocycles. The van der Waals surface area contributed by atoms with Crippen LogP contribution in [0, 0.1) is 5.92 Å². The number of ether oxygens (including phenoxy) is 2. The molecule has 0 unspecified atom stereocenters. The first-order valence-electron chi connectivity index (χ1n) is 13.2. The van der Waals surface area contributed by atoms with Crippen LogP contribution in [0.2, 0.25) is 0 Å². The highest BCUT2D eigenvalue weighted by Crippen LogP contribution is 2.43. The van der Waals surface area contributed by atoms with Gasteiger partial charge >= 0.3 is 5.97 Å². The van der Waals surface area contributed by atoms with Crippen LogP contribution in [-0.2, 0) is 16.1 Å². The van der Waals surface area contributed by atoms with E-state index in [1.807, 2.05) is 73.7 Å². The van der Waals surface area contributed by atoms with Crippen LogP contribution in [0.1, 0.15) is 56.7 Å². The van der Waals surface area contributed by atoms with Crippen LogP contribution in [0.25, 0.3) is 0 Å². The molecule has 1 aliphatic heterocycles. The molecule has 4 atom stereocenters. The molecule has 8 nitrogen and oxygen atoms in total. The molecular weight excluding hydrogens is 540 g/mol. The van der Waals surface area contributed by atoms with E-state index in [1.165, 1.54) is 17.8 Å². The van der Waals surface area contributed by atoms with Gasteiger partial charge in [0.25, 0.3) is 5.91 Å². The molecule has 0 bridgehead atoms. The van der Waals surface area contributed by atoms with Crippen molar-refractivity contribution < 1.29 is 29.3 Å². The number of hydrogen-bond donors (Lipinski definition) is 3. The molecule has 0 spiro atoms. The van der Waals surface area contributed by atoms with E-state index in [4.69, 9.17) is 9.47 Å². The lowest BCUT2D eigenvalue weighted by Gasteiger charge is -2.41. The minimum Gasteiger partial charge on any atom is -0.478 e. The first-order valence-corrected chi connectivity index (χ1v) is 14.2. The first kappa shape index (κ1) is 28.5. The summed E-state index contributed by atoms with van der Waals surface area (Å²) in [6.07, 6.45) is 0.187. The van der Waals surface area contributed by atoms with Gasteiger partial charge in [-0.15, -0.1) is 11.8 Å². The van der Waals surface area contributed by atoms with Crippen LogP contribution in [0.15, 0.2) is 102 Å². The molecule has 210 valence electrons. The minimum absolute atomic E-state index is 0.0517. The highest BCUT2D eigenvalue weighted by atomic mass is 32.2. The number of nitrogens with zero attached hydrogens (tertiary/aromatic N) is 1. The molecule has 3 aromatic carbocycles. The van der Waals surface area contributed by atoms with E-state index in [0.717, 1.165) is 16.7 Å². The fourth-order valence-electron chi connectivity index (χ4n) is 4.70. The summed E-state index contributed by atoms with van der Waals surface area (Å²) in [5, 5.41) is 22.4. The maximum atomic E-state index is 12.7. The van der Waals surface area contributed by atoms with Crippen LogP contribution in [-0.4, -0.2) is 38.9 Å². The minimum atomic E-state index is -1.03. The zero-order valence-corrected chi connectivity index (χ0v) is 23.2. The van der Waals surface area contributed by atoms with Crippen LogP contribution in [0.4, 0.5) is 5.69 Å². The Kier molecular flexibility index (Phi) is 9.11. The maximum Gasteiger partial charge on any atom is 0.338 e. The van der Waals surface area contributed by atoms with E-state index in [1.54, 1.807) is 24.4 Å². The number of aromatic carboxylic acids is 1. The van der Waals surface area contributed by atoms with Gasteiger partial charge in [0.2, 0.25) is 0 Å². The monoisotopic (exact) mass is 570 g/mol. The molecule has 3 N–H and O–H groups in total. The number of amides is 1. The van der Waals surface area contributed by atoms with E-state index in [-0.39, 0.29) is 36.2 Å². The van der Waals surface area contributed by atoms with Gasteiger partial charge in [0.05, 0.1) is 24.4 Å². The van der Waals surface area contributed by atoms with Crippen molar-refractivity contribution in [3.8, 4) is 0 Å². The van der Waals surface area contributed by atoms with Crippen LogP contribution >= 0.6 is 11.8 Å². The molecule has 0 saturated carbocycles. The maximum absolute atomic E-state index is 12.7. The largest absolute Gasteiger partial charge is 0.478 e. The Morgan fingerprint density at radius 1 is 0.927 bits per heavy atom. The molecular formula is C32H30N2O6S. The van der Waals surface area contributed by atoms with Crippen molar-refractivity contribution in [2.45, 2.75) is 37.1 Å². The van der Waals surface area contributed by atoms with Gasteiger partial charge in [-0.2, -0.15) is 0 Å². The molecule has 1 saturated heterocycles. The number of anilines is 1. The molecule has 1 aliphatic rings. The Hall–Kier alpha value is -4.02. The van der Waals surface area contributed by atoms with E-state index >= 15 is 0 Å².